The van der Waals surface area contributed by atoms with Gasteiger partial charge in [-0.05, 0) is 24.3 Å². The average molecular weight is 374 g/mol. The molecule has 7 nitrogen and oxygen atoms in total. The molecule has 0 bridgehead atoms. The van der Waals surface area contributed by atoms with E-state index in [-0.39, 0.29) is 23.8 Å². The van der Waals surface area contributed by atoms with Gasteiger partial charge in [-0.1, -0.05) is 18.2 Å². The third-order valence-electron chi connectivity index (χ3n) is 4.34. The van der Waals surface area contributed by atoms with E-state index in [1.54, 1.807) is 41.3 Å². The maximum atomic E-state index is 12.5. The van der Waals surface area contributed by atoms with Gasteiger partial charge in [-0.2, -0.15) is 0 Å². The molecule has 2 aromatic carbocycles. The number of amides is 1. The molecule has 1 N–H and O–H groups in total. The molecule has 26 heavy (non-hydrogen) atoms. The predicted molar refractivity (Wildman–Crippen MR) is 95.0 cm³/mol. The Hall–Kier alpha value is -2.58. The van der Waals surface area contributed by atoms with Crippen molar-refractivity contribution < 1.29 is 22.7 Å². The van der Waals surface area contributed by atoms with Crippen molar-refractivity contribution in [3.05, 3.63) is 48.5 Å². The summed E-state index contributed by atoms with van der Waals surface area (Å²) in [6.07, 6.45) is 0.112. The van der Waals surface area contributed by atoms with Crippen molar-refractivity contribution in [2.75, 3.05) is 24.7 Å². The zero-order valence-electron chi connectivity index (χ0n) is 13.9. The Kier molecular flexibility index (Phi) is 4.29. The van der Waals surface area contributed by atoms with E-state index >= 15 is 0 Å². The van der Waals surface area contributed by atoms with Crippen LogP contribution in [0.25, 0.3) is 0 Å². The minimum Gasteiger partial charge on any atom is -0.486 e. The number of benzene rings is 2. The summed E-state index contributed by atoms with van der Waals surface area (Å²) >= 11 is 0. The topological polar surface area (TPSA) is 84.9 Å². The van der Waals surface area contributed by atoms with Crippen LogP contribution in [0, 0.1) is 0 Å². The van der Waals surface area contributed by atoms with Crippen molar-refractivity contribution in [3.63, 3.8) is 0 Å². The van der Waals surface area contributed by atoms with Gasteiger partial charge in [0.2, 0.25) is 15.9 Å². The Balaban J connectivity index is 1.51. The standard InChI is InChI=1S/C18H18N2O5S/c21-18-10-13(19-26(22,23)15-4-2-1-3-5-15)12-20(18)14-6-7-16-17(11-14)25-9-8-24-16/h1-7,11,13,19H,8-10,12H2/t13-/m0/s1. The van der Waals surface area contributed by atoms with Gasteiger partial charge in [-0.15, -0.1) is 0 Å². The van der Waals surface area contributed by atoms with E-state index in [1.807, 2.05) is 0 Å². The summed E-state index contributed by atoms with van der Waals surface area (Å²) in [5, 5.41) is 0. The summed E-state index contributed by atoms with van der Waals surface area (Å²) in [6, 6.07) is 12.9. The fraction of sp³-hybridized carbons (Fsp3) is 0.278. The number of carbonyl (C=O) groups excluding carboxylic acids is 1. The molecule has 0 radical (unpaired) electrons. The van der Waals surface area contributed by atoms with Crippen LogP contribution in [0.3, 0.4) is 0 Å². The van der Waals surface area contributed by atoms with E-state index in [2.05, 4.69) is 4.72 Å². The van der Waals surface area contributed by atoms with Crippen molar-refractivity contribution in [2.45, 2.75) is 17.4 Å². The Bertz CT molecular complexity index is 930. The van der Waals surface area contributed by atoms with E-state index < -0.39 is 16.1 Å². The molecule has 136 valence electrons. The highest BCUT2D eigenvalue weighted by Crippen LogP contribution is 2.35. The molecule has 1 fully saturated rings. The van der Waals surface area contributed by atoms with E-state index in [4.69, 9.17) is 9.47 Å². The summed E-state index contributed by atoms with van der Waals surface area (Å²) < 4.78 is 38.6. The lowest BCUT2D eigenvalue weighted by Gasteiger charge is -2.22. The number of anilines is 1. The van der Waals surface area contributed by atoms with Crippen LogP contribution in [0.1, 0.15) is 6.42 Å². The number of hydrogen-bond acceptors (Lipinski definition) is 5. The van der Waals surface area contributed by atoms with Crippen LogP contribution in [0.4, 0.5) is 5.69 Å². The second-order valence-electron chi connectivity index (χ2n) is 6.17. The van der Waals surface area contributed by atoms with Crippen molar-refractivity contribution in [1.82, 2.24) is 4.72 Å². The molecule has 2 aliphatic rings. The maximum absolute atomic E-state index is 12.5. The highest BCUT2D eigenvalue weighted by molar-refractivity contribution is 7.89. The lowest BCUT2D eigenvalue weighted by atomic mass is 10.2. The van der Waals surface area contributed by atoms with Gasteiger partial charge in [0.15, 0.2) is 11.5 Å². The Morgan fingerprint density at radius 2 is 1.73 bits per heavy atom. The Morgan fingerprint density at radius 1 is 1.00 bits per heavy atom. The van der Waals surface area contributed by atoms with Crippen LogP contribution < -0.4 is 19.1 Å². The van der Waals surface area contributed by atoms with Crippen LogP contribution in [-0.4, -0.2) is 40.1 Å². The zero-order chi connectivity index (χ0) is 18.1. The third-order valence-corrected chi connectivity index (χ3v) is 5.87. The van der Waals surface area contributed by atoms with Gasteiger partial charge in [0.05, 0.1) is 4.90 Å². The van der Waals surface area contributed by atoms with Gasteiger partial charge < -0.3 is 14.4 Å². The summed E-state index contributed by atoms with van der Waals surface area (Å²) in [6.45, 7) is 1.23. The molecule has 1 atom stereocenters. The highest BCUT2D eigenvalue weighted by atomic mass is 32.2. The van der Waals surface area contributed by atoms with Crippen molar-refractivity contribution in [3.8, 4) is 11.5 Å². The molecule has 2 aliphatic heterocycles. The van der Waals surface area contributed by atoms with Gasteiger partial charge in [0, 0.05) is 30.8 Å². The first-order chi connectivity index (χ1) is 12.5. The number of rotatable bonds is 4. The number of hydrogen-bond donors (Lipinski definition) is 1. The van der Waals surface area contributed by atoms with Gasteiger partial charge in [-0.25, -0.2) is 13.1 Å². The number of nitrogens with one attached hydrogen (secondary N) is 1. The molecule has 0 saturated carbocycles. The van der Waals surface area contributed by atoms with Gasteiger partial charge in [-0.3, -0.25) is 4.79 Å². The highest BCUT2D eigenvalue weighted by Gasteiger charge is 2.34. The molecular weight excluding hydrogens is 356 g/mol. The Morgan fingerprint density at radius 3 is 2.50 bits per heavy atom. The number of ether oxygens (including phenoxy) is 2. The van der Waals surface area contributed by atoms with E-state index in [1.165, 1.54) is 12.1 Å². The first-order valence-electron chi connectivity index (χ1n) is 8.30. The molecule has 4 rings (SSSR count). The summed E-state index contributed by atoms with van der Waals surface area (Å²) in [5.74, 6) is 1.10. The number of nitrogens with zero attached hydrogens (tertiary/aromatic N) is 1. The van der Waals surface area contributed by atoms with E-state index in [0.717, 1.165) is 0 Å². The molecular formula is C18H18N2O5S. The molecule has 2 aromatic rings. The zero-order valence-corrected chi connectivity index (χ0v) is 14.7. The number of carbonyl (C=O) groups is 1. The lowest BCUT2D eigenvalue weighted by Crippen LogP contribution is -2.37. The third kappa shape index (κ3) is 3.25. The van der Waals surface area contributed by atoms with E-state index in [9.17, 15) is 13.2 Å². The smallest absolute Gasteiger partial charge is 0.240 e. The molecule has 2 heterocycles. The lowest BCUT2D eigenvalue weighted by molar-refractivity contribution is -0.117. The van der Waals surface area contributed by atoms with Crippen LogP contribution in [0.2, 0.25) is 0 Å². The van der Waals surface area contributed by atoms with Crippen molar-refractivity contribution >= 4 is 21.6 Å². The van der Waals surface area contributed by atoms with Crippen LogP contribution in [-0.2, 0) is 14.8 Å². The second kappa shape index (κ2) is 6.62. The molecule has 8 heteroatoms. The fourth-order valence-electron chi connectivity index (χ4n) is 3.12. The predicted octanol–water partition coefficient (Wildman–Crippen LogP) is 1.54. The van der Waals surface area contributed by atoms with Gasteiger partial charge in [0.1, 0.15) is 13.2 Å². The monoisotopic (exact) mass is 374 g/mol. The minimum atomic E-state index is -3.66. The van der Waals surface area contributed by atoms with Crippen molar-refractivity contribution in [2.24, 2.45) is 0 Å². The average Bonchev–Trinajstić information content (AvgIpc) is 3.01. The second-order valence-corrected chi connectivity index (χ2v) is 7.88. The van der Waals surface area contributed by atoms with Crippen molar-refractivity contribution in [1.29, 1.82) is 0 Å². The summed E-state index contributed by atoms with van der Waals surface area (Å²) in [5.41, 5.74) is 0.667. The minimum absolute atomic E-state index is 0.112. The molecule has 1 amide bonds. The largest absolute Gasteiger partial charge is 0.486 e. The van der Waals surface area contributed by atoms with Gasteiger partial charge in [0.25, 0.3) is 0 Å². The molecule has 1 saturated heterocycles. The quantitative estimate of drug-likeness (QED) is 0.878. The van der Waals surface area contributed by atoms with Gasteiger partial charge >= 0.3 is 0 Å². The molecule has 0 aromatic heterocycles. The van der Waals surface area contributed by atoms with Crippen LogP contribution in [0.5, 0.6) is 11.5 Å². The summed E-state index contributed by atoms with van der Waals surface area (Å²) in [4.78, 5) is 14.1. The van der Waals surface area contributed by atoms with Crippen LogP contribution in [0.15, 0.2) is 53.4 Å². The number of fused-ring (bicyclic) bond motifs is 1. The normalized spacial score (nSPS) is 19.6. The first-order valence-corrected chi connectivity index (χ1v) is 9.79. The van der Waals surface area contributed by atoms with Crippen LogP contribution >= 0.6 is 0 Å². The summed E-state index contributed by atoms with van der Waals surface area (Å²) in [7, 11) is -3.66. The maximum Gasteiger partial charge on any atom is 0.240 e. The fourth-order valence-corrected chi connectivity index (χ4v) is 4.37. The molecule has 0 spiro atoms. The molecule has 0 aliphatic carbocycles. The Labute approximate surface area is 151 Å². The van der Waals surface area contributed by atoms with E-state index in [0.29, 0.717) is 30.4 Å². The first kappa shape index (κ1) is 16.9. The number of sulfonamides is 1. The SMILES string of the molecule is O=C1C[C@H](NS(=O)(=O)c2ccccc2)CN1c1ccc2c(c1)OCCO2. The molecule has 0 unspecified atom stereocenters.